The van der Waals surface area contributed by atoms with Gasteiger partial charge in [0.25, 0.3) is 5.91 Å². The van der Waals surface area contributed by atoms with E-state index in [1.54, 1.807) is 0 Å². The molecule has 0 aromatic carbocycles. The summed E-state index contributed by atoms with van der Waals surface area (Å²) in [7, 11) is 1.41. The molecule has 1 amide bonds. The molecule has 1 N–H and O–H groups in total. The van der Waals surface area contributed by atoms with Gasteiger partial charge in [0.05, 0.1) is 13.0 Å². The number of nitrogens with zero attached hydrogens (tertiary/aromatic N) is 2. The summed E-state index contributed by atoms with van der Waals surface area (Å²) in [5, 5.41) is 3.16. The van der Waals surface area contributed by atoms with E-state index in [0.29, 0.717) is 5.69 Å². The lowest BCUT2D eigenvalue weighted by Crippen LogP contribution is -2.39. The molecule has 0 saturated heterocycles. The van der Waals surface area contributed by atoms with Crippen molar-refractivity contribution in [1.29, 1.82) is 0 Å². The van der Waals surface area contributed by atoms with E-state index in [4.69, 9.17) is 16.3 Å². The van der Waals surface area contributed by atoms with E-state index < -0.39 is 0 Å². The summed E-state index contributed by atoms with van der Waals surface area (Å²) in [6.45, 7) is 0. The molecule has 2 aliphatic rings. The van der Waals surface area contributed by atoms with Gasteiger partial charge in [-0.1, -0.05) is 0 Å². The van der Waals surface area contributed by atoms with Gasteiger partial charge in [0.1, 0.15) is 5.69 Å². The van der Waals surface area contributed by atoms with Crippen LogP contribution in [-0.2, 0) is 22.4 Å². The highest BCUT2D eigenvalue weighted by Crippen LogP contribution is 2.27. The van der Waals surface area contributed by atoms with Gasteiger partial charge in [-0.25, -0.2) is 9.97 Å². The third-order valence-corrected chi connectivity index (χ3v) is 4.89. The van der Waals surface area contributed by atoms with Crippen LogP contribution in [0.4, 0.5) is 0 Å². The van der Waals surface area contributed by atoms with Crippen molar-refractivity contribution in [2.75, 3.05) is 7.11 Å². The molecule has 2 aliphatic carbocycles. The van der Waals surface area contributed by atoms with E-state index in [9.17, 15) is 9.59 Å². The molecule has 0 aliphatic heterocycles. The average Bonchev–Trinajstić information content (AvgIpc) is 3.02. The lowest BCUT2D eigenvalue weighted by Gasteiger charge is -2.27. The number of aromatic nitrogens is 2. The van der Waals surface area contributed by atoms with Crippen molar-refractivity contribution in [3.05, 3.63) is 22.2 Å². The van der Waals surface area contributed by atoms with Crippen LogP contribution in [0, 0.1) is 5.92 Å². The molecule has 6 nitrogen and oxygen atoms in total. The van der Waals surface area contributed by atoms with Gasteiger partial charge in [-0.2, -0.15) is 0 Å². The maximum absolute atomic E-state index is 12.5. The molecule has 0 spiro atoms. The summed E-state index contributed by atoms with van der Waals surface area (Å²) >= 11 is 5.93. The second kappa shape index (κ2) is 6.83. The Morgan fingerprint density at radius 1 is 1.17 bits per heavy atom. The molecule has 1 heterocycles. The number of carbonyl (C=O) groups excluding carboxylic acids is 2. The second-order valence-electron chi connectivity index (χ2n) is 6.17. The third-order valence-electron chi connectivity index (χ3n) is 4.72. The fourth-order valence-corrected chi connectivity index (χ4v) is 3.67. The van der Waals surface area contributed by atoms with E-state index in [0.717, 1.165) is 56.2 Å². The first kappa shape index (κ1) is 16.2. The van der Waals surface area contributed by atoms with E-state index in [2.05, 4.69) is 15.3 Å². The molecule has 1 aromatic rings. The smallest absolute Gasteiger partial charge is 0.308 e. The Morgan fingerprint density at radius 2 is 1.91 bits per heavy atom. The van der Waals surface area contributed by atoms with Crippen LogP contribution in [0.25, 0.3) is 0 Å². The summed E-state index contributed by atoms with van der Waals surface area (Å²) in [4.78, 5) is 32.4. The number of hydrogen-bond acceptors (Lipinski definition) is 5. The van der Waals surface area contributed by atoms with Gasteiger partial charge in [-0.3, -0.25) is 9.59 Å². The number of rotatable bonds is 3. The molecule has 124 valence electrons. The zero-order valence-electron chi connectivity index (χ0n) is 13.1. The maximum Gasteiger partial charge on any atom is 0.308 e. The van der Waals surface area contributed by atoms with Gasteiger partial charge < -0.3 is 10.1 Å². The Hall–Kier alpha value is -1.69. The summed E-state index contributed by atoms with van der Waals surface area (Å²) in [6.07, 6.45) is 5.67. The van der Waals surface area contributed by atoms with Gasteiger partial charge in [0.15, 0.2) is 0 Å². The predicted molar refractivity (Wildman–Crippen MR) is 84.3 cm³/mol. The van der Waals surface area contributed by atoms with Crippen LogP contribution in [0.1, 0.15) is 53.8 Å². The highest BCUT2D eigenvalue weighted by Gasteiger charge is 2.29. The van der Waals surface area contributed by atoms with Crippen LogP contribution in [0.3, 0.4) is 0 Å². The molecule has 0 radical (unpaired) electrons. The quantitative estimate of drug-likeness (QED) is 0.674. The SMILES string of the molecule is COC(=O)[C@H]1CC[C@H](NC(=O)c2nc(Cl)nc3c2CCC3)CC1. The Labute approximate surface area is 140 Å². The number of nitrogens with one attached hydrogen (secondary N) is 1. The largest absolute Gasteiger partial charge is 0.469 e. The van der Waals surface area contributed by atoms with Gasteiger partial charge in [-0.05, 0) is 56.5 Å². The Morgan fingerprint density at radius 3 is 2.61 bits per heavy atom. The molecule has 0 unspecified atom stereocenters. The normalized spacial score (nSPS) is 23.2. The molecular formula is C16H20ClN3O3. The molecule has 0 bridgehead atoms. The number of halogens is 1. The van der Waals surface area contributed by atoms with Gasteiger partial charge >= 0.3 is 5.97 Å². The summed E-state index contributed by atoms with van der Waals surface area (Å²) in [5.41, 5.74) is 2.23. The van der Waals surface area contributed by atoms with Crippen molar-refractivity contribution in [3.63, 3.8) is 0 Å². The molecule has 0 atom stereocenters. The molecule has 7 heteroatoms. The van der Waals surface area contributed by atoms with Crippen LogP contribution in [-0.4, -0.2) is 35.0 Å². The van der Waals surface area contributed by atoms with Crippen LogP contribution < -0.4 is 5.32 Å². The fourth-order valence-electron chi connectivity index (χ4n) is 3.48. The van der Waals surface area contributed by atoms with Crippen molar-refractivity contribution in [2.24, 2.45) is 5.92 Å². The van der Waals surface area contributed by atoms with Crippen molar-refractivity contribution in [3.8, 4) is 0 Å². The predicted octanol–water partition coefficient (Wildman–Crippen LogP) is 2.08. The maximum atomic E-state index is 12.5. The van der Waals surface area contributed by atoms with E-state index in [1.807, 2.05) is 0 Å². The van der Waals surface area contributed by atoms with E-state index in [-0.39, 0.29) is 29.1 Å². The summed E-state index contributed by atoms with van der Waals surface area (Å²) in [5.74, 6) is -0.393. The first-order chi connectivity index (χ1) is 11.1. The van der Waals surface area contributed by atoms with E-state index in [1.165, 1.54) is 7.11 Å². The molecule has 1 aromatic heterocycles. The van der Waals surface area contributed by atoms with Crippen LogP contribution in [0.15, 0.2) is 0 Å². The summed E-state index contributed by atoms with van der Waals surface area (Å²) < 4.78 is 4.78. The van der Waals surface area contributed by atoms with Gasteiger partial charge in [-0.15, -0.1) is 0 Å². The van der Waals surface area contributed by atoms with Crippen LogP contribution in [0.5, 0.6) is 0 Å². The third kappa shape index (κ3) is 3.47. The number of aryl methyl sites for hydroxylation is 1. The first-order valence-corrected chi connectivity index (χ1v) is 8.40. The van der Waals surface area contributed by atoms with Crippen LogP contribution in [0.2, 0.25) is 5.28 Å². The fraction of sp³-hybridized carbons (Fsp3) is 0.625. The minimum atomic E-state index is -0.186. The highest BCUT2D eigenvalue weighted by atomic mass is 35.5. The number of hydrogen-bond donors (Lipinski definition) is 1. The number of amides is 1. The Kier molecular flexibility index (Phi) is 4.80. The Bertz CT molecular complexity index is 627. The van der Waals surface area contributed by atoms with Crippen molar-refractivity contribution in [1.82, 2.24) is 15.3 Å². The van der Waals surface area contributed by atoms with E-state index >= 15 is 0 Å². The van der Waals surface area contributed by atoms with Crippen molar-refractivity contribution < 1.29 is 14.3 Å². The zero-order chi connectivity index (χ0) is 16.4. The van der Waals surface area contributed by atoms with Gasteiger partial charge in [0.2, 0.25) is 5.28 Å². The number of esters is 1. The molecule has 1 fully saturated rings. The van der Waals surface area contributed by atoms with Crippen molar-refractivity contribution in [2.45, 2.75) is 51.0 Å². The Balaban J connectivity index is 1.64. The zero-order valence-corrected chi connectivity index (χ0v) is 13.9. The minimum absolute atomic E-state index is 0.0501. The standard InChI is InChI=1S/C16H20ClN3O3/c1-23-15(22)9-5-7-10(8-6-9)18-14(21)13-11-3-2-4-12(11)19-16(17)20-13/h9-10H,2-8H2,1H3,(H,18,21)/t9-,10-. The lowest BCUT2D eigenvalue weighted by atomic mass is 9.86. The second-order valence-corrected chi connectivity index (χ2v) is 6.50. The highest BCUT2D eigenvalue weighted by molar-refractivity contribution is 6.28. The number of carbonyl (C=O) groups is 2. The molecule has 23 heavy (non-hydrogen) atoms. The number of fused-ring (bicyclic) bond motifs is 1. The number of methoxy groups -OCH3 is 1. The average molecular weight is 338 g/mol. The molecule has 1 saturated carbocycles. The first-order valence-electron chi connectivity index (χ1n) is 8.02. The van der Waals surface area contributed by atoms with Crippen LogP contribution >= 0.6 is 11.6 Å². The molecular weight excluding hydrogens is 318 g/mol. The summed E-state index contributed by atoms with van der Waals surface area (Å²) in [6, 6.07) is 0.0641. The lowest BCUT2D eigenvalue weighted by molar-refractivity contribution is -0.146. The minimum Gasteiger partial charge on any atom is -0.469 e. The molecule has 3 rings (SSSR count). The monoisotopic (exact) mass is 337 g/mol. The topological polar surface area (TPSA) is 81.2 Å². The van der Waals surface area contributed by atoms with Gasteiger partial charge in [0, 0.05) is 17.3 Å². The number of ether oxygens (including phenoxy) is 1. The van der Waals surface area contributed by atoms with Crippen molar-refractivity contribution >= 4 is 23.5 Å².